The lowest BCUT2D eigenvalue weighted by Gasteiger charge is -2.22. The summed E-state index contributed by atoms with van der Waals surface area (Å²) in [6.45, 7) is 5.72. The largest absolute Gasteiger partial charge is 0.495 e. The summed E-state index contributed by atoms with van der Waals surface area (Å²) in [4.78, 5) is 34.5. The van der Waals surface area contributed by atoms with Crippen molar-refractivity contribution in [1.29, 1.82) is 0 Å². The summed E-state index contributed by atoms with van der Waals surface area (Å²) in [5.41, 5.74) is 0.753. The van der Waals surface area contributed by atoms with Crippen LogP contribution in [-0.2, 0) is 11.3 Å². The molecule has 0 bridgehead atoms. The van der Waals surface area contributed by atoms with Crippen molar-refractivity contribution in [2.75, 3.05) is 19.5 Å². The Labute approximate surface area is 218 Å². The number of halogens is 2. The first-order valence-corrected chi connectivity index (χ1v) is 12.3. The highest BCUT2D eigenvalue weighted by atomic mass is 35.5. The van der Waals surface area contributed by atoms with Crippen molar-refractivity contribution < 1.29 is 14.3 Å². The highest BCUT2D eigenvalue weighted by molar-refractivity contribution is 6.41. The number of hydrogen-bond donors (Lipinski definition) is 2. The molecule has 1 aliphatic rings. The molecule has 2 N–H and O–H groups in total. The van der Waals surface area contributed by atoms with Gasteiger partial charge in [-0.2, -0.15) is 4.98 Å². The molecule has 2 atom stereocenters. The fourth-order valence-corrected chi connectivity index (χ4v) is 5.24. The molecule has 9 nitrogen and oxygen atoms in total. The molecule has 190 valence electrons. The van der Waals surface area contributed by atoms with Gasteiger partial charge in [0.2, 0.25) is 11.9 Å². The summed E-state index contributed by atoms with van der Waals surface area (Å²) in [5, 5.41) is 7.30. The van der Waals surface area contributed by atoms with Gasteiger partial charge in [-0.1, -0.05) is 29.8 Å². The fourth-order valence-electron chi connectivity index (χ4n) is 4.54. The zero-order chi connectivity index (χ0) is 26.0. The number of carbonyl (C=O) groups excluding carboxylic acids is 1. The summed E-state index contributed by atoms with van der Waals surface area (Å²) in [6, 6.07) is 3.15. The fraction of sp³-hybridized carbons (Fsp3) is 0.360. The first-order chi connectivity index (χ1) is 17.3. The number of aromatic nitrogens is 3. The lowest BCUT2D eigenvalue weighted by Crippen LogP contribution is -2.43. The molecule has 3 aromatic rings. The first-order valence-electron chi connectivity index (χ1n) is 11.5. The lowest BCUT2D eigenvalue weighted by molar-refractivity contribution is -0.117. The zero-order valence-corrected chi connectivity index (χ0v) is 21.7. The predicted molar refractivity (Wildman–Crippen MR) is 141 cm³/mol. The van der Waals surface area contributed by atoms with Gasteiger partial charge in [0.25, 0.3) is 5.56 Å². The third-order valence-electron chi connectivity index (χ3n) is 6.33. The van der Waals surface area contributed by atoms with Crippen LogP contribution in [-0.4, -0.2) is 46.7 Å². The first kappa shape index (κ1) is 25.8. The quantitative estimate of drug-likeness (QED) is 0.413. The van der Waals surface area contributed by atoms with Crippen LogP contribution in [0.3, 0.4) is 0 Å². The standard InChI is InChI=1S/C25H27Cl2N5O4/c1-5-19(33)29-15-8-7-9-16(15)30-25-28-12-13-10-14(24(34)32(6-2)23(13)31-25)20-21(26)17(35-3)11-18(36-4)22(20)27/h5,10-12,15-16H,1,6-9H2,2-4H3,(H,29,33)(H,28,30,31)/t15-,16+/m0/s1. The number of aryl methyl sites for hydroxylation is 1. The smallest absolute Gasteiger partial charge is 0.260 e. The molecule has 1 amide bonds. The van der Waals surface area contributed by atoms with Gasteiger partial charge >= 0.3 is 0 Å². The van der Waals surface area contributed by atoms with Gasteiger partial charge < -0.3 is 20.1 Å². The van der Waals surface area contributed by atoms with Crippen molar-refractivity contribution in [1.82, 2.24) is 19.9 Å². The molecule has 0 radical (unpaired) electrons. The Morgan fingerprint density at radius 2 is 1.86 bits per heavy atom. The number of pyridine rings is 1. The third-order valence-corrected chi connectivity index (χ3v) is 7.08. The molecule has 0 aliphatic heterocycles. The van der Waals surface area contributed by atoms with Crippen molar-refractivity contribution in [2.24, 2.45) is 0 Å². The normalized spacial score (nSPS) is 17.1. The van der Waals surface area contributed by atoms with Crippen molar-refractivity contribution >= 4 is 46.1 Å². The predicted octanol–water partition coefficient (Wildman–Crippen LogP) is 4.44. The van der Waals surface area contributed by atoms with E-state index in [1.165, 1.54) is 20.3 Å². The summed E-state index contributed by atoms with van der Waals surface area (Å²) >= 11 is 13.2. The van der Waals surface area contributed by atoms with Crippen LogP contribution < -0.4 is 25.7 Å². The van der Waals surface area contributed by atoms with E-state index in [2.05, 4.69) is 27.2 Å². The molecule has 36 heavy (non-hydrogen) atoms. The second kappa shape index (κ2) is 10.8. The number of nitrogens with one attached hydrogen (secondary N) is 2. The molecule has 0 saturated heterocycles. The monoisotopic (exact) mass is 531 g/mol. The zero-order valence-electron chi connectivity index (χ0n) is 20.2. The van der Waals surface area contributed by atoms with Crippen LogP contribution in [0.1, 0.15) is 26.2 Å². The molecular formula is C25H27Cl2N5O4. The number of rotatable bonds is 8. The van der Waals surface area contributed by atoms with E-state index in [1.807, 2.05) is 6.92 Å². The second-order valence-corrected chi connectivity index (χ2v) is 9.12. The van der Waals surface area contributed by atoms with Crippen LogP contribution in [0.25, 0.3) is 22.2 Å². The molecule has 4 rings (SSSR count). The summed E-state index contributed by atoms with van der Waals surface area (Å²) in [6.07, 6.45) is 5.57. The second-order valence-electron chi connectivity index (χ2n) is 8.36. The minimum atomic E-state index is -0.314. The molecule has 1 aromatic carbocycles. The van der Waals surface area contributed by atoms with Crippen molar-refractivity contribution in [3.8, 4) is 22.6 Å². The molecular weight excluding hydrogens is 505 g/mol. The van der Waals surface area contributed by atoms with Crippen LogP contribution in [0.4, 0.5) is 5.95 Å². The molecule has 1 fully saturated rings. The Kier molecular flexibility index (Phi) is 7.70. The number of amides is 1. The van der Waals surface area contributed by atoms with Gasteiger partial charge in [-0.3, -0.25) is 14.2 Å². The maximum Gasteiger partial charge on any atom is 0.260 e. The summed E-state index contributed by atoms with van der Waals surface area (Å²) in [7, 11) is 2.95. The van der Waals surface area contributed by atoms with Crippen LogP contribution in [0, 0.1) is 0 Å². The summed E-state index contributed by atoms with van der Waals surface area (Å²) in [5.74, 6) is 0.828. The van der Waals surface area contributed by atoms with E-state index >= 15 is 0 Å². The van der Waals surface area contributed by atoms with Gasteiger partial charge in [-0.15, -0.1) is 0 Å². The molecule has 11 heteroatoms. The van der Waals surface area contributed by atoms with Crippen LogP contribution in [0.15, 0.2) is 35.8 Å². The van der Waals surface area contributed by atoms with Crippen LogP contribution in [0.5, 0.6) is 11.5 Å². The Morgan fingerprint density at radius 1 is 1.19 bits per heavy atom. The number of anilines is 1. The highest BCUT2D eigenvalue weighted by Crippen LogP contribution is 2.45. The number of nitrogens with zero attached hydrogens (tertiary/aromatic N) is 3. The van der Waals surface area contributed by atoms with Crippen LogP contribution in [0.2, 0.25) is 10.0 Å². The maximum absolute atomic E-state index is 13.6. The van der Waals surface area contributed by atoms with Gasteiger partial charge in [-0.05, 0) is 38.3 Å². The van der Waals surface area contributed by atoms with Gasteiger partial charge in [0, 0.05) is 41.8 Å². The topological polar surface area (TPSA) is 107 Å². The van der Waals surface area contributed by atoms with E-state index in [0.717, 1.165) is 19.3 Å². The third kappa shape index (κ3) is 4.73. The minimum absolute atomic E-state index is 0.0331. The number of carbonyl (C=O) groups is 1. The average Bonchev–Trinajstić information content (AvgIpc) is 3.30. The number of ether oxygens (including phenoxy) is 2. The van der Waals surface area contributed by atoms with Gasteiger partial charge in [-0.25, -0.2) is 4.98 Å². The van der Waals surface area contributed by atoms with Crippen LogP contribution >= 0.6 is 23.2 Å². The molecule has 2 heterocycles. The SMILES string of the molecule is C=CC(=O)N[C@H]1CCC[C@H]1Nc1ncc2cc(-c3c(Cl)c(OC)cc(OC)c3Cl)c(=O)n(CC)c2n1. The highest BCUT2D eigenvalue weighted by Gasteiger charge is 2.29. The lowest BCUT2D eigenvalue weighted by atomic mass is 10.0. The number of fused-ring (bicyclic) bond motifs is 1. The summed E-state index contributed by atoms with van der Waals surface area (Å²) < 4.78 is 12.3. The molecule has 1 saturated carbocycles. The van der Waals surface area contributed by atoms with E-state index in [-0.39, 0.29) is 39.2 Å². The maximum atomic E-state index is 13.6. The Morgan fingerprint density at radius 3 is 2.47 bits per heavy atom. The number of hydrogen-bond acceptors (Lipinski definition) is 7. The van der Waals surface area contributed by atoms with Crippen molar-refractivity contribution in [3.63, 3.8) is 0 Å². The molecule has 0 unspecified atom stereocenters. The average molecular weight is 532 g/mol. The molecule has 2 aromatic heterocycles. The molecule has 0 spiro atoms. The molecule has 1 aliphatic carbocycles. The Bertz CT molecular complexity index is 1360. The Balaban J connectivity index is 1.79. The van der Waals surface area contributed by atoms with Gasteiger partial charge in [0.15, 0.2) is 0 Å². The van der Waals surface area contributed by atoms with E-state index in [9.17, 15) is 9.59 Å². The van der Waals surface area contributed by atoms with Crippen molar-refractivity contribution in [2.45, 2.75) is 44.8 Å². The van der Waals surface area contributed by atoms with Gasteiger partial charge in [0.05, 0.1) is 29.8 Å². The number of methoxy groups -OCH3 is 2. The van der Waals surface area contributed by atoms with Gasteiger partial charge in [0.1, 0.15) is 17.1 Å². The van der Waals surface area contributed by atoms with E-state index in [0.29, 0.717) is 40.6 Å². The van der Waals surface area contributed by atoms with E-state index < -0.39 is 0 Å². The minimum Gasteiger partial charge on any atom is -0.495 e. The van der Waals surface area contributed by atoms with E-state index in [4.69, 9.17) is 32.7 Å². The number of benzene rings is 1. The van der Waals surface area contributed by atoms with E-state index in [1.54, 1.807) is 22.9 Å². The van der Waals surface area contributed by atoms with Crippen molar-refractivity contribution in [3.05, 3.63) is 51.4 Å². The Hall–Kier alpha value is -3.30.